The first-order valence-electron chi connectivity index (χ1n) is 7.57. The summed E-state index contributed by atoms with van der Waals surface area (Å²) in [7, 11) is 0. The van der Waals surface area contributed by atoms with Crippen molar-refractivity contribution >= 4 is 17.5 Å². The molecule has 1 aromatic rings. The molecule has 0 aliphatic carbocycles. The number of carbonyl (C=O) groups is 1. The minimum absolute atomic E-state index is 0.0751. The Morgan fingerprint density at radius 2 is 2.14 bits per heavy atom. The molecule has 0 atom stereocenters. The predicted molar refractivity (Wildman–Crippen MR) is 83.2 cm³/mol. The monoisotopic (exact) mass is 312 g/mol. The Morgan fingerprint density at radius 3 is 2.81 bits per heavy atom. The summed E-state index contributed by atoms with van der Waals surface area (Å²) in [6.07, 6.45) is 3.03. The minimum atomic E-state index is -0.541. The number of hydrogen-bond acceptors (Lipinski definition) is 2. The number of hydrogen-bond donors (Lipinski definition) is 1. The lowest BCUT2D eigenvalue weighted by Gasteiger charge is -2.30. The van der Waals surface area contributed by atoms with Gasteiger partial charge in [-0.25, -0.2) is 4.39 Å². The summed E-state index contributed by atoms with van der Waals surface area (Å²) in [5.41, 5.74) is 0.263. The van der Waals surface area contributed by atoms with Gasteiger partial charge < -0.3 is 10.2 Å². The Bertz CT molecular complexity index is 489. The molecule has 2 rings (SSSR count). The van der Waals surface area contributed by atoms with Crippen LogP contribution in [0.25, 0.3) is 0 Å². The van der Waals surface area contributed by atoms with Crippen LogP contribution in [0, 0.1) is 11.7 Å². The first-order valence-corrected chi connectivity index (χ1v) is 7.95. The summed E-state index contributed by atoms with van der Waals surface area (Å²) < 4.78 is 13.5. The van der Waals surface area contributed by atoms with Crippen molar-refractivity contribution in [3.8, 4) is 0 Å². The van der Waals surface area contributed by atoms with Gasteiger partial charge in [-0.3, -0.25) is 4.79 Å². The molecule has 0 radical (unpaired) electrons. The highest BCUT2D eigenvalue weighted by Crippen LogP contribution is 2.23. The van der Waals surface area contributed by atoms with Crippen molar-refractivity contribution in [1.29, 1.82) is 0 Å². The first kappa shape index (κ1) is 16.2. The van der Waals surface area contributed by atoms with Gasteiger partial charge in [-0.05, 0) is 50.4 Å². The molecule has 116 valence electrons. The van der Waals surface area contributed by atoms with E-state index in [1.807, 2.05) is 11.8 Å². The molecule has 0 aromatic heterocycles. The van der Waals surface area contributed by atoms with Gasteiger partial charge in [0.05, 0.1) is 10.6 Å². The van der Waals surface area contributed by atoms with E-state index in [4.69, 9.17) is 11.6 Å². The molecule has 1 aliphatic rings. The molecule has 1 saturated heterocycles. The molecule has 1 fully saturated rings. The topological polar surface area (TPSA) is 32.3 Å². The summed E-state index contributed by atoms with van der Waals surface area (Å²) in [5, 5.41) is 3.25. The van der Waals surface area contributed by atoms with Crippen LogP contribution in [0.4, 0.5) is 4.39 Å². The van der Waals surface area contributed by atoms with Crippen molar-refractivity contribution in [2.45, 2.75) is 26.2 Å². The van der Waals surface area contributed by atoms with Crippen LogP contribution in [0.5, 0.6) is 0 Å². The normalized spacial score (nSPS) is 16.0. The van der Waals surface area contributed by atoms with Crippen LogP contribution in [-0.2, 0) is 0 Å². The summed E-state index contributed by atoms with van der Waals surface area (Å²) in [4.78, 5) is 14.5. The molecule has 0 spiro atoms. The van der Waals surface area contributed by atoms with Crippen molar-refractivity contribution in [1.82, 2.24) is 10.2 Å². The number of piperidine rings is 1. The summed E-state index contributed by atoms with van der Waals surface area (Å²) >= 11 is 5.94. The van der Waals surface area contributed by atoms with Crippen molar-refractivity contribution in [3.63, 3.8) is 0 Å². The van der Waals surface area contributed by atoms with Crippen molar-refractivity contribution in [3.05, 3.63) is 34.6 Å². The third-order valence-electron chi connectivity index (χ3n) is 3.90. The number of nitrogens with one attached hydrogen (secondary N) is 1. The van der Waals surface area contributed by atoms with E-state index in [0.29, 0.717) is 12.5 Å². The van der Waals surface area contributed by atoms with Crippen LogP contribution >= 0.6 is 11.6 Å². The minimum Gasteiger partial charge on any atom is -0.338 e. The lowest BCUT2D eigenvalue weighted by molar-refractivity contribution is 0.0716. The second kappa shape index (κ2) is 7.76. The van der Waals surface area contributed by atoms with Gasteiger partial charge in [0.1, 0.15) is 5.82 Å². The van der Waals surface area contributed by atoms with Gasteiger partial charge in [-0.15, -0.1) is 0 Å². The zero-order chi connectivity index (χ0) is 15.2. The Kier molecular flexibility index (Phi) is 6.00. The van der Waals surface area contributed by atoms with Crippen LogP contribution in [0.2, 0.25) is 5.02 Å². The zero-order valence-electron chi connectivity index (χ0n) is 12.4. The second-order valence-corrected chi connectivity index (χ2v) is 5.92. The molecule has 1 aromatic carbocycles. The van der Waals surface area contributed by atoms with Gasteiger partial charge in [0, 0.05) is 13.1 Å². The number of carbonyl (C=O) groups excluding carboxylic acids is 1. The second-order valence-electron chi connectivity index (χ2n) is 5.55. The number of amides is 1. The Balaban J connectivity index is 2.12. The molecular formula is C16H22ClFN2O. The summed E-state index contributed by atoms with van der Waals surface area (Å²) in [6.45, 7) is 5.44. The summed E-state index contributed by atoms with van der Waals surface area (Å²) in [6, 6.07) is 4.40. The molecule has 0 unspecified atom stereocenters. The van der Waals surface area contributed by atoms with E-state index >= 15 is 0 Å². The molecule has 0 saturated carbocycles. The van der Waals surface area contributed by atoms with Crippen LogP contribution < -0.4 is 5.32 Å². The van der Waals surface area contributed by atoms with Crippen LogP contribution in [-0.4, -0.2) is 37.0 Å². The van der Waals surface area contributed by atoms with E-state index in [9.17, 15) is 9.18 Å². The molecule has 5 heteroatoms. The fourth-order valence-corrected chi connectivity index (χ4v) is 2.97. The number of halogens is 2. The van der Waals surface area contributed by atoms with Gasteiger partial charge in [-0.1, -0.05) is 24.6 Å². The third-order valence-corrected chi connectivity index (χ3v) is 4.28. The average Bonchev–Trinajstić information content (AvgIpc) is 2.50. The van der Waals surface area contributed by atoms with Gasteiger partial charge in [0.2, 0.25) is 0 Å². The van der Waals surface area contributed by atoms with E-state index < -0.39 is 5.82 Å². The smallest absolute Gasteiger partial charge is 0.255 e. The number of benzene rings is 1. The fourth-order valence-electron chi connectivity index (χ4n) is 2.76. The lowest BCUT2D eigenvalue weighted by atomic mass is 9.97. The molecule has 1 aliphatic heterocycles. The van der Waals surface area contributed by atoms with Crippen LogP contribution in [0.3, 0.4) is 0 Å². The lowest BCUT2D eigenvalue weighted by Crippen LogP contribution is -2.39. The highest BCUT2D eigenvalue weighted by atomic mass is 35.5. The van der Waals surface area contributed by atoms with E-state index in [2.05, 4.69) is 5.32 Å². The molecule has 3 nitrogen and oxygen atoms in total. The number of nitrogens with zero attached hydrogens (tertiary/aromatic N) is 1. The molecule has 1 amide bonds. The Labute approximate surface area is 130 Å². The maximum absolute atomic E-state index is 13.5. The highest BCUT2D eigenvalue weighted by Gasteiger charge is 2.23. The molecule has 1 N–H and O–H groups in total. The average molecular weight is 313 g/mol. The maximum Gasteiger partial charge on any atom is 0.255 e. The van der Waals surface area contributed by atoms with Crippen molar-refractivity contribution in [2.24, 2.45) is 5.92 Å². The quantitative estimate of drug-likeness (QED) is 0.904. The van der Waals surface area contributed by atoms with E-state index in [-0.39, 0.29) is 16.5 Å². The summed E-state index contributed by atoms with van der Waals surface area (Å²) in [5.74, 6) is -0.199. The fraction of sp³-hybridized carbons (Fsp3) is 0.562. The maximum atomic E-state index is 13.5. The first-order chi connectivity index (χ1) is 10.1. The van der Waals surface area contributed by atoms with Gasteiger partial charge >= 0.3 is 0 Å². The van der Waals surface area contributed by atoms with E-state index in [1.54, 1.807) is 6.07 Å². The standard InChI is InChI=1S/C16H22ClFN2O/c1-2-10-20(11-12-6-8-19-9-7-12)16(21)13-4-3-5-14(18)15(13)17/h3-5,12,19H,2,6-11H2,1H3. The molecule has 21 heavy (non-hydrogen) atoms. The highest BCUT2D eigenvalue weighted by molar-refractivity contribution is 6.34. The van der Waals surface area contributed by atoms with Crippen molar-refractivity contribution < 1.29 is 9.18 Å². The molecular weight excluding hydrogens is 291 g/mol. The van der Waals surface area contributed by atoms with Crippen LogP contribution in [0.1, 0.15) is 36.5 Å². The van der Waals surface area contributed by atoms with Gasteiger partial charge in [0.15, 0.2) is 0 Å². The SMILES string of the molecule is CCCN(CC1CCNCC1)C(=O)c1cccc(F)c1Cl. The predicted octanol–water partition coefficient (Wildman–Crippen LogP) is 3.33. The van der Waals surface area contributed by atoms with Gasteiger partial charge in [0.25, 0.3) is 5.91 Å². The van der Waals surface area contributed by atoms with E-state index in [1.165, 1.54) is 12.1 Å². The Hall–Kier alpha value is -1.13. The molecule has 1 heterocycles. The Morgan fingerprint density at radius 1 is 1.43 bits per heavy atom. The van der Waals surface area contributed by atoms with E-state index in [0.717, 1.165) is 38.9 Å². The van der Waals surface area contributed by atoms with Gasteiger partial charge in [-0.2, -0.15) is 0 Å². The zero-order valence-corrected chi connectivity index (χ0v) is 13.1. The van der Waals surface area contributed by atoms with Crippen molar-refractivity contribution in [2.75, 3.05) is 26.2 Å². The van der Waals surface area contributed by atoms with Crippen LogP contribution in [0.15, 0.2) is 18.2 Å². The largest absolute Gasteiger partial charge is 0.338 e. The number of rotatable bonds is 5. The molecule has 0 bridgehead atoms. The third kappa shape index (κ3) is 4.17.